The highest BCUT2D eigenvalue weighted by Gasteiger charge is 2.22. The van der Waals surface area contributed by atoms with Crippen molar-refractivity contribution in [1.29, 1.82) is 0 Å². The van der Waals surface area contributed by atoms with Gasteiger partial charge in [0.2, 0.25) is 0 Å². The molecule has 5 heteroatoms. The normalized spacial score (nSPS) is 11.9. The summed E-state index contributed by atoms with van der Waals surface area (Å²) in [5, 5.41) is 14.3. The van der Waals surface area contributed by atoms with Crippen LogP contribution in [-0.4, -0.2) is 19.5 Å². The fourth-order valence-electron chi connectivity index (χ4n) is 10.2. The number of benzene rings is 11. The Labute approximate surface area is 383 Å². The zero-order chi connectivity index (χ0) is 43.3. The first-order valence-electron chi connectivity index (χ1n) is 22.3. The molecule has 66 heavy (non-hydrogen) atoms. The van der Waals surface area contributed by atoms with E-state index in [9.17, 15) is 0 Å². The summed E-state index contributed by atoms with van der Waals surface area (Å²) in [4.78, 5) is 16.2. The molecular formula is C61H36N4S. The summed E-state index contributed by atoms with van der Waals surface area (Å²) < 4.78 is 4.99. The number of nitrogens with zero attached hydrogens (tertiary/aromatic N) is 4. The molecule has 0 bridgehead atoms. The van der Waals surface area contributed by atoms with Crippen molar-refractivity contribution in [3.8, 4) is 51.0 Å². The van der Waals surface area contributed by atoms with Gasteiger partial charge in [0.05, 0.1) is 11.0 Å². The van der Waals surface area contributed by atoms with E-state index in [1.807, 2.05) is 11.3 Å². The first-order chi connectivity index (χ1) is 32.7. The highest BCUT2D eigenvalue weighted by Crippen LogP contribution is 2.43. The molecule has 0 fully saturated rings. The van der Waals surface area contributed by atoms with Crippen LogP contribution in [0.15, 0.2) is 218 Å². The van der Waals surface area contributed by atoms with Gasteiger partial charge in [-0.2, -0.15) is 0 Å². The molecule has 0 spiro atoms. The molecule has 0 aliphatic rings. The first kappa shape index (κ1) is 36.9. The lowest BCUT2D eigenvalue weighted by Crippen LogP contribution is -2.03. The zero-order valence-electron chi connectivity index (χ0n) is 35.5. The number of hydrogen-bond acceptors (Lipinski definition) is 4. The van der Waals surface area contributed by atoms with Crippen molar-refractivity contribution >= 4 is 96.4 Å². The van der Waals surface area contributed by atoms with Gasteiger partial charge in [-0.3, -0.25) is 0 Å². The number of hydrogen-bond donors (Lipinski definition) is 0. The fourth-order valence-corrected chi connectivity index (χ4v) is 11.3. The van der Waals surface area contributed by atoms with Gasteiger partial charge in [0.25, 0.3) is 0 Å². The van der Waals surface area contributed by atoms with Gasteiger partial charge in [0.1, 0.15) is 0 Å². The summed E-state index contributed by atoms with van der Waals surface area (Å²) >= 11 is 1.84. The maximum atomic E-state index is 5.45. The van der Waals surface area contributed by atoms with Gasteiger partial charge in [-0.25, -0.2) is 15.0 Å². The Balaban J connectivity index is 1.08. The second-order valence-corrected chi connectivity index (χ2v) is 18.3. The molecule has 0 saturated heterocycles. The van der Waals surface area contributed by atoms with Gasteiger partial charge in [0.15, 0.2) is 17.5 Å². The van der Waals surface area contributed by atoms with Crippen LogP contribution >= 0.6 is 11.3 Å². The van der Waals surface area contributed by atoms with Crippen LogP contribution in [0.5, 0.6) is 0 Å². The molecule has 11 aromatic carbocycles. The van der Waals surface area contributed by atoms with Gasteiger partial charge in [0, 0.05) is 53.3 Å². The van der Waals surface area contributed by atoms with Crippen LogP contribution in [-0.2, 0) is 0 Å². The van der Waals surface area contributed by atoms with Crippen molar-refractivity contribution in [2.75, 3.05) is 0 Å². The average molecular weight is 857 g/mol. The minimum absolute atomic E-state index is 0.618. The Kier molecular flexibility index (Phi) is 8.12. The third-order valence-corrected chi connectivity index (χ3v) is 14.5. The number of thiophene rings is 1. The van der Waals surface area contributed by atoms with Crippen LogP contribution in [0.1, 0.15) is 0 Å². The molecule has 0 aliphatic heterocycles. The van der Waals surface area contributed by atoms with E-state index in [1.165, 1.54) is 52.5 Å². The lowest BCUT2D eigenvalue weighted by molar-refractivity contribution is 1.08. The third kappa shape index (κ3) is 5.80. The second-order valence-electron chi connectivity index (χ2n) is 17.2. The van der Waals surface area contributed by atoms with Crippen LogP contribution in [0.2, 0.25) is 0 Å². The molecule has 14 aromatic rings. The molecule has 306 valence electrons. The zero-order valence-corrected chi connectivity index (χ0v) is 36.3. The summed E-state index contributed by atoms with van der Waals surface area (Å²) in [5.41, 5.74) is 8.38. The molecule has 0 unspecified atom stereocenters. The Hall–Kier alpha value is -8.51. The topological polar surface area (TPSA) is 43.6 Å². The maximum absolute atomic E-state index is 5.45. The Morgan fingerprint density at radius 3 is 1.35 bits per heavy atom. The lowest BCUT2D eigenvalue weighted by Gasteiger charge is -2.16. The van der Waals surface area contributed by atoms with E-state index < -0.39 is 0 Å². The molecule has 3 aromatic heterocycles. The maximum Gasteiger partial charge on any atom is 0.164 e. The van der Waals surface area contributed by atoms with Gasteiger partial charge in [-0.15, -0.1) is 11.3 Å². The Morgan fingerprint density at radius 2 is 0.758 bits per heavy atom. The van der Waals surface area contributed by atoms with Crippen LogP contribution in [0.3, 0.4) is 0 Å². The molecule has 0 N–H and O–H groups in total. The molecule has 0 saturated carbocycles. The summed E-state index contributed by atoms with van der Waals surface area (Å²) in [5.74, 6) is 1.89. The monoisotopic (exact) mass is 856 g/mol. The molecule has 0 aliphatic carbocycles. The number of aromatic nitrogens is 4. The molecule has 0 amide bonds. The van der Waals surface area contributed by atoms with Gasteiger partial charge in [-0.05, 0) is 115 Å². The second kappa shape index (κ2) is 14.5. The van der Waals surface area contributed by atoms with E-state index in [0.717, 1.165) is 66.1 Å². The SMILES string of the molecule is c1ccc2cc3c(cc2c1)c1cc2ccccc2cc1n3-c1ccc(-c2nc(-c3cccc4ccccc34)nc(-c3cccc4ccccc34)n2)c(-c2ccc3sc4ccccc4c3c2)c1. The van der Waals surface area contributed by atoms with Crippen LogP contribution in [0, 0.1) is 0 Å². The first-order valence-corrected chi connectivity index (χ1v) is 23.1. The van der Waals surface area contributed by atoms with Crippen LogP contribution in [0.25, 0.3) is 136 Å². The molecule has 14 rings (SSSR count). The summed E-state index contributed by atoms with van der Waals surface area (Å²) in [6.07, 6.45) is 0. The van der Waals surface area contributed by atoms with E-state index >= 15 is 0 Å². The van der Waals surface area contributed by atoms with Crippen molar-refractivity contribution in [2.24, 2.45) is 0 Å². The largest absolute Gasteiger partial charge is 0.309 e. The number of rotatable bonds is 5. The van der Waals surface area contributed by atoms with E-state index in [1.54, 1.807) is 0 Å². The van der Waals surface area contributed by atoms with Crippen molar-refractivity contribution in [3.05, 3.63) is 218 Å². The van der Waals surface area contributed by atoms with Gasteiger partial charge in [-0.1, -0.05) is 158 Å². The summed E-state index contributed by atoms with van der Waals surface area (Å²) in [6.45, 7) is 0. The minimum Gasteiger partial charge on any atom is -0.309 e. The van der Waals surface area contributed by atoms with Crippen molar-refractivity contribution in [2.45, 2.75) is 0 Å². The van der Waals surface area contributed by atoms with E-state index in [0.29, 0.717) is 17.5 Å². The molecule has 0 atom stereocenters. The smallest absolute Gasteiger partial charge is 0.164 e. The molecule has 0 radical (unpaired) electrons. The van der Waals surface area contributed by atoms with E-state index in [-0.39, 0.29) is 0 Å². The summed E-state index contributed by atoms with van der Waals surface area (Å²) in [7, 11) is 0. The van der Waals surface area contributed by atoms with E-state index in [4.69, 9.17) is 15.0 Å². The fraction of sp³-hybridized carbons (Fsp3) is 0. The minimum atomic E-state index is 0.618. The Morgan fingerprint density at radius 1 is 0.288 bits per heavy atom. The predicted molar refractivity (Wildman–Crippen MR) is 279 cm³/mol. The highest BCUT2D eigenvalue weighted by atomic mass is 32.1. The third-order valence-electron chi connectivity index (χ3n) is 13.4. The lowest BCUT2D eigenvalue weighted by atomic mass is 9.96. The van der Waals surface area contributed by atoms with Gasteiger partial charge >= 0.3 is 0 Å². The van der Waals surface area contributed by atoms with Gasteiger partial charge < -0.3 is 4.57 Å². The molecule has 4 nitrogen and oxygen atoms in total. The van der Waals surface area contributed by atoms with Crippen molar-refractivity contribution < 1.29 is 0 Å². The standard InChI is InChI=1S/C61H36N4S/c1-3-17-41-34-55-52(31-39(41)15-1)53-32-40-16-2-4-18-42(40)35-56(53)65(55)44-28-29-50(51(36-44)43-27-30-58-54(33-43)47-23-9-10-26-57(47)66-58)61-63-59(48-24-11-19-37-13-5-7-21-45(37)48)62-60(64-61)49-25-12-20-38-14-6-8-22-46(38)49/h1-36H. The van der Waals surface area contributed by atoms with Crippen molar-refractivity contribution in [3.63, 3.8) is 0 Å². The summed E-state index contributed by atoms with van der Waals surface area (Å²) in [6, 6.07) is 78.9. The van der Waals surface area contributed by atoms with E-state index in [2.05, 4.69) is 223 Å². The average Bonchev–Trinajstić information content (AvgIpc) is 3.90. The molecule has 3 heterocycles. The Bertz CT molecular complexity index is 4110. The highest BCUT2D eigenvalue weighted by molar-refractivity contribution is 7.25. The molecular weight excluding hydrogens is 821 g/mol. The quantitative estimate of drug-likeness (QED) is 0.173. The van der Waals surface area contributed by atoms with Crippen LogP contribution in [0.4, 0.5) is 0 Å². The van der Waals surface area contributed by atoms with Crippen molar-refractivity contribution in [1.82, 2.24) is 19.5 Å². The van der Waals surface area contributed by atoms with Crippen LogP contribution < -0.4 is 0 Å². The predicted octanol–water partition coefficient (Wildman–Crippen LogP) is 16.6. The number of fused-ring (bicyclic) bond motifs is 10.